The summed E-state index contributed by atoms with van der Waals surface area (Å²) < 4.78 is 0. The van der Waals surface area contributed by atoms with Crippen molar-refractivity contribution in [2.75, 3.05) is 27.2 Å². The van der Waals surface area contributed by atoms with Gasteiger partial charge in [-0.3, -0.25) is 14.4 Å². The average Bonchev–Trinajstić information content (AvgIpc) is 2.48. The molecule has 3 amide bonds. The van der Waals surface area contributed by atoms with Gasteiger partial charge in [0.25, 0.3) is 0 Å². The fourth-order valence-corrected chi connectivity index (χ4v) is 2.08. The Hall–Kier alpha value is -1.63. The van der Waals surface area contributed by atoms with Gasteiger partial charge in [0.1, 0.15) is 6.04 Å². The molecule has 128 valence electrons. The number of likely N-dealkylation sites (N-methyl/N-ethyl adjacent to an activating group) is 2. The Morgan fingerprint density at radius 3 is 2.36 bits per heavy atom. The van der Waals surface area contributed by atoms with E-state index in [2.05, 4.69) is 17.6 Å². The number of nitrogens with two attached hydrogens (primary N) is 1. The van der Waals surface area contributed by atoms with Gasteiger partial charge in [-0.15, -0.1) is 0 Å². The highest BCUT2D eigenvalue weighted by Gasteiger charge is 2.27. The molecule has 0 saturated carbocycles. The second kappa shape index (κ2) is 12.0. The molecule has 0 spiro atoms. The van der Waals surface area contributed by atoms with Crippen LogP contribution in [0, 0.1) is 0 Å². The fraction of sp³-hybridized carbons (Fsp3) is 0.800. The first-order chi connectivity index (χ1) is 10.4. The van der Waals surface area contributed by atoms with Crippen molar-refractivity contribution in [1.82, 2.24) is 15.5 Å². The lowest BCUT2D eigenvalue weighted by Gasteiger charge is -2.26. The monoisotopic (exact) mass is 314 g/mol. The lowest BCUT2D eigenvalue weighted by molar-refractivity contribution is -0.140. The van der Waals surface area contributed by atoms with E-state index in [0.29, 0.717) is 19.5 Å². The number of rotatable bonds is 12. The molecule has 4 N–H and O–H groups in total. The van der Waals surface area contributed by atoms with E-state index >= 15 is 0 Å². The fourth-order valence-electron chi connectivity index (χ4n) is 2.08. The number of unbranched alkanes of at least 4 members (excludes halogenated alkanes) is 3. The number of primary amides is 1. The molecular weight excluding hydrogens is 284 g/mol. The number of nitrogens with zero attached hydrogens (tertiary/aromatic N) is 1. The number of nitrogens with one attached hydrogen (secondary N) is 2. The molecule has 22 heavy (non-hydrogen) atoms. The zero-order valence-corrected chi connectivity index (χ0v) is 14.0. The van der Waals surface area contributed by atoms with Crippen LogP contribution in [0.2, 0.25) is 0 Å². The molecule has 0 rings (SSSR count). The predicted molar refractivity (Wildman–Crippen MR) is 86.1 cm³/mol. The maximum atomic E-state index is 12.1. The van der Waals surface area contributed by atoms with Crippen molar-refractivity contribution in [2.24, 2.45) is 5.73 Å². The van der Waals surface area contributed by atoms with Crippen LogP contribution in [-0.2, 0) is 14.4 Å². The standard InChI is InChI=1S/C15H30N4O3/c1-4-5-6-7-8-14(21)19(3)12(11-13(16)20)15(22)18-10-9-17-2/h12,17H,4-11H2,1-3H3,(H2,16,20)(H,18,22)/t12-/m0/s1. The van der Waals surface area contributed by atoms with Gasteiger partial charge in [-0.2, -0.15) is 0 Å². The van der Waals surface area contributed by atoms with Crippen LogP contribution in [0.4, 0.5) is 0 Å². The molecule has 0 saturated heterocycles. The summed E-state index contributed by atoms with van der Waals surface area (Å²) in [5.74, 6) is -1.08. The van der Waals surface area contributed by atoms with Crippen LogP contribution in [0.1, 0.15) is 45.4 Å². The van der Waals surface area contributed by atoms with E-state index < -0.39 is 11.9 Å². The molecule has 0 bridgehead atoms. The SMILES string of the molecule is CCCCCCC(=O)N(C)[C@@H](CC(N)=O)C(=O)NCCNC. The van der Waals surface area contributed by atoms with Gasteiger partial charge in [-0.25, -0.2) is 0 Å². The van der Waals surface area contributed by atoms with Crippen molar-refractivity contribution >= 4 is 17.7 Å². The molecule has 7 nitrogen and oxygen atoms in total. The minimum absolute atomic E-state index is 0.133. The lowest BCUT2D eigenvalue weighted by Crippen LogP contribution is -2.50. The summed E-state index contributed by atoms with van der Waals surface area (Å²) in [6, 6.07) is -0.840. The number of hydrogen-bond acceptors (Lipinski definition) is 4. The molecule has 0 aliphatic heterocycles. The third kappa shape index (κ3) is 8.61. The smallest absolute Gasteiger partial charge is 0.243 e. The van der Waals surface area contributed by atoms with Gasteiger partial charge >= 0.3 is 0 Å². The largest absolute Gasteiger partial charge is 0.370 e. The van der Waals surface area contributed by atoms with Crippen molar-refractivity contribution in [3.63, 3.8) is 0 Å². The molecule has 0 aromatic rings. The Morgan fingerprint density at radius 2 is 1.82 bits per heavy atom. The summed E-state index contributed by atoms with van der Waals surface area (Å²) in [4.78, 5) is 36.8. The normalized spacial score (nSPS) is 11.8. The summed E-state index contributed by atoms with van der Waals surface area (Å²) in [6.45, 7) is 3.15. The highest BCUT2D eigenvalue weighted by atomic mass is 16.2. The van der Waals surface area contributed by atoms with E-state index in [-0.39, 0.29) is 18.2 Å². The number of amides is 3. The minimum atomic E-state index is -0.840. The molecular formula is C15H30N4O3. The van der Waals surface area contributed by atoms with E-state index in [1.807, 2.05) is 0 Å². The van der Waals surface area contributed by atoms with Gasteiger partial charge in [-0.1, -0.05) is 26.2 Å². The Bertz CT molecular complexity index is 361. The van der Waals surface area contributed by atoms with Gasteiger partial charge < -0.3 is 21.3 Å². The van der Waals surface area contributed by atoms with Crippen LogP contribution in [-0.4, -0.2) is 55.8 Å². The Morgan fingerprint density at radius 1 is 1.14 bits per heavy atom. The Kier molecular flexibility index (Phi) is 11.1. The van der Waals surface area contributed by atoms with E-state index in [4.69, 9.17) is 5.73 Å². The predicted octanol–water partition coefficient (Wildman–Crippen LogP) is -0.00520. The molecule has 1 atom stereocenters. The number of hydrogen-bond donors (Lipinski definition) is 3. The van der Waals surface area contributed by atoms with Crippen LogP contribution < -0.4 is 16.4 Å². The quantitative estimate of drug-likeness (QED) is 0.441. The Balaban J connectivity index is 4.54. The van der Waals surface area contributed by atoms with E-state index in [1.54, 1.807) is 14.1 Å². The molecule has 0 aromatic heterocycles. The van der Waals surface area contributed by atoms with Gasteiger partial charge in [0.15, 0.2) is 0 Å². The van der Waals surface area contributed by atoms with Crippen molar-refractivity contribution < 1.29 is 14.4 Å². The number of carbonyl (C=O) groups excluding carboxylic acids is 3. The third-order valence-corrected chi connectivity index (χ3v) is 3.48. The molecule has 0 radical (unpaired) electrons. The van der Waals surface area contributed by atoms with E-state index in [0.717, 1.165) is 25.7 Å². The van der Waals surface area contributed by atoms with Crippen LogP contribution >= 0.6 is 0 Å². The first-order valence-corrected chi connectivity index (χ1v) is 7.90. The maximum absolute atomic E-state index is 12.1. The second-order valence-electron chi connectivity index (χ2n) is 5.40. The Labute approximate surface area is 133 Å². The third-order valence-electron chi connectivity index (χ3n) is 3.48. The van der Waals surface area contributed by atoms with Crippen molar-refractivity contribution in [1.29, 1.82) is 0 Å². The molecule has 0 fully saturated rings. The molecule has 0 aliphatic rings. The highest BCUT2D eigenvalue weighted by Crippen LogP contribution is 2.09. The lowest BCUT2D eigenvalue weighted by atomic mass is 10.1. The van der Waals surface area contributed by atoms with Gasteiger partial charge in [0.2, 0.25) is 17.7 Å². The van der Waals surface area contributed by atoms with E-state index in [9.17, 15) is 14.4 Å². The topological polar surface area (TPSA) is 105 Å². The molecule has 0 aliphatic carbocycles. The maximum Gasteiger partial charge on any atom is 0.243 e. The van der Waals surface area contributed by atoms with Gasteiger partial charge in [0.05, 0.1) is 6.42 Å². The average molecular weight is 314 g/mol. The highest BCUT2D eigenvalue weighted by molar-refractivity contribution is 5.91. The zero-order chi connectivity index (χ0) is 17.0. The first kappa shape index (κ1) is 20.4. The van der Waals surface area contributed by atoms with Crippen molar-refractivity contribution in [2.45, 2.75) is 51.5 Å². The zero-order valence-electron chi connectivity index (χ0n) is 14.0. The van der Waals surface area contributed by atoms with E-state index in [1.165, 1.54) is 4.90 Å². The number of carbonyl (C=O) groups is 3. The molecule has 7 heteroatoms. The van der Waals surface area contributed by atoms with Gasteiger partial charge in [0, 0.05) is 26.6 Å². The van der Waals surface area contributed by atoms with Gasteiger partial charge in [-0.05, 0) is 13.5 Å². The van der Waals surface area contributed by atoms with Crippen LogP contribution in [0.5, 0.6) is 0 Å². The van der Waals surface area contributed by atoms with Crippen molar-refractivity contribution in [3.8, 4) is 0 Å². The van der Waals surface area contributed by atoms with Crippen LogP contribution in [0.3, 0.4) is 0 Å². The van der Waals surface area contributed by atoms with Crippen LogP contribution in [0.15, 0.2) is 0 Å². The summed E-state index contributed by atoms with van der Waals surface area (Å²) in [7, 11) is 3.33. The molecule has 0 unspecified atom stereocenters. The summed E-state index contributed by atoms with van der Waals surface area (Å²) in [5.41, 5.74) is 5.19. The van der Waals surface area contributed by atoms with Crippen molar-refractivity contribution in [3.05, 3.63) is 0 Å². The molecule has 0 aromatic carbocycles. The summed E-state index contributed by atoms with van der Waals surface area (Å²) in [5, 5.41) is 5.61. The van der Waals surface area contributed by atoms with Crippen LogP contribution in [0.25, 0.3) is 0 Å². The minimum Gasteiger partial charge on any atom is -0.370 e. The summed E-state index contributed by atoms with van der Waals surface area (Å²) in [6.07, 6.45) is 4.19. The summed E-state index contributed by atoms with van der Waals surface area (Å²) >= 11 is 0. The second-order valence-corrected chi connectivity index (χ2v) is 5.40. The first-order valence-electron chi connectivity index (χ1n) is 7.90. The molecule has 0 heterocycles.